The third-order valence-corrected chi connectivity index (χ3v) is 6.19. The molecule has 0 spiro atoms. The van der Waals surface area contributed by atoms with E-state index in [1.165, 1.54) is 6.20 Å². The summed E-state index contributed by atoms with van der Waals surface area (Å²) in [6, 6.07) is 5.35. The van der Waals surface area contributed by atoms with Crippen LogP contribution in [0.3, 0.4) is 0 Å². The van der Waals surface area contributed by atoms with E-state index in [1.54, 1.807) is 23.6 Å². The van der Waals surface area contributed by atoms with Crippen LogP contribution >= 0.6 is 0 Å². The molecule has 2 aromatic heterocycles. The number of aryl methyl sites for hydroxylation is 1. The molecule has 148 valence electrons. The molecular weight excluding hydrogens is 372 g/mol. The molecular formula is C22H20N2O5. The van der Waals surface area contributed by atoms with Gasteiger partial charge in [-0.25, -0.2) is 4.79 Å². The van der Waals surface area contributed by atoms with Gasteiger partial charge in [0.05, 0.1) is 29.5 Å². The second kappa shape index (κ2) is 5.90. The third-order valence-electron chi connectivity index (χ3n) is 6.19. The lowest BCUT2D eigenvalue weighted by Gasteiger charge is -2.31. The van der Waals surface area contributed by atoms with Crippen LogP contribution < -0.4 is 5.56 Å². The van der Waals surface area contributed by atoms with Gasteiger partial charge in [0.25, 0.3) is 5.56 Å². The summed E-state index contributed by atoms with van der Waals surface area (Å²) in [5.41, 5.74) is 2.86. The minimum absolute atomic E-state index is 0.0963. The number of rotatable bonds is 2. The second-order valence-corrected chi connectivity index (χ2v) is 7.60. The number of hydrogen-bond donors (Lipinski definition) is 2. The number of fused-ring (bicyclic) bond motifs is 5. The van der Waals surface area contributed by atoms with Crippen molar-refractivity contribution >= 4 is 16.9 Å². The number of hydrogen-bond acceptors (Lipinski definition) is 6. The number of ether oxygens (including phenoxy) is 1. The molecule has 0 aliphatic carbocycles. The number of aliphatic hydroxyl groups is 1. The van der Waals surface area contributed by atoms with E-state index in [0.717, 1.165) is 27.6 Å². The first-order valence-electron chi connectivity index (χ1n) is 9.69. The van der Waals surface area contributed by atoms with Gasteiger partial charge in [-0.15, -0.1) is 0 Å². The van der Waals surface area contributed by atoms with Crippen LogP contribution in [0.1, 0.15) is 42.5 Å². The standard InChI is InChI=1S/C22H20N2O5/c1-3-12-13-5-11(25)8-23-18(13)6-14-15(12)9-24-19(14)7-17-16(20(24)26)10-29-21(27)22(17,28)4-2/h5-8,25,28H,3-4,9-10H2,1-2H3/t22-/m0/s1. The van der Waals surface area contributed by atoms with Crippen molar-refractivity contribution in [2.45, 2.75) is 45.4 Å². The molecule has 29 heavy (non-hydrogen) atoms. The Labute approximate surface area is 166 Å². The highest BCUT2D eigenvalue weighted by Crippen LogP contribution is 2.41. The maximum atomic E-state index is 13.2. The van der Waals surface area contributed by atoms with E-state index in [1.807, 2.05) is 13.0 Å². The van der Waals surface area contributed by atoms with Crippen LogP contribution in [-0.2, 0) is 34.7 Å². The highest BCUT2D eigenvalue weighted by Gasteiger charge is 2.45. The number of esters is 1. The van der Waals surface area contributed by atoms with Crippen LogP contribution in [0.25, 0.3) is 22.2 Å². The lowest BCUT2D eigenvalue weighted by atomic mass is 9.85. The molecule has 3 aromatic rings. The quantitative estimate of drug-likeness (QED) is 0.508. The zero-order chi connectivity index (χ0) is 20.5. The Morgan fingerprint density at radius 2 is 2.00 bits per heavy atom. The summed E-state index contributed by atoms with van der Waals surface area (Å²) in [4.78, 5) is 29.8. The highest BCUT2D eigenvalue weighted by atomic mass is 16.6. The van der Waals surface area contributed by atoms with Crippen molar-refractivity contribution in [2.24, 2.45) is 0 Å². The van der Waals surface area contributed by atoms with Crippen molar-refractivity contribution in [2.75, 3.05) is 0 Å². The molecule has 5 rings (SSSR count). The van der Waals surface area contributed by atoms with E-state index in [0.29, 0.717) is 29.8 Å². The molecule has 1 aromatic carbocycles. The molecule has 7 nitrogen and oxygen atoms in total. The molecule has 4 heterocycles. The maximum absolute atomic E-state index is 13.2. The minimum Gasteiger partial charge on any atom is -0.506 e. The third kappa shape index (κ3) is 2.25. The molecule has 0 bridgehead atoms. The molecule has 2 aliphatic rings. The van der Waals surface area contributed by atoms with Gasteiger partial charge in [-0.2, -0.15) is 0 Å². The van der Waals surface area contributed by atoms with Crippen molar-refractivity contribution in [3.05, 3.63) is 57.0 Å². The Morgan fingerprint density at radius 1 is 1.21 bits per heavy atom. The minimum atomic E-state index is -1.82. The summed E-state index contributed by atoms with van der Waals surface area (Å²) in [5, 5.41) is 21.7. The summed E-state index contributed by atoms with van der Waals surface area (Å²) < 4.78 is 6.77. The van der Waals surface area contributed by atoms with Crippen LogP contribution in [0.5, 0.6) is 5.75 Å². The summed E-state index contributed by atoms with van der Waals surface area (Å²) in [5.74, 6) is -0.626. The van der Waals surface area contributed by atoms with E-state index >= 15 is 0 Å². The first kappa shape index (κ1) is 17.9. The molecule has 1 atom stereocenters. The Balaban J connectivity index is 1.84. The van der Waals surface area contributed by atoms with Gasteiger partial charge in [0.1, 0.15) is 12.4 Å². The first-order chi connectivity index (χ1) is 13.9. The van der Waals surface area contributed by atoms with Gasteiger partial charge in [0.2, 0.25) is 0 Å². The number of carbonyl (C=O) groups is 1. The fourth-order valence-electron chi connectivity index (χ4n) is 4.62. The van der Waals surface area contributed by atoms with E-state index < -0.39 is 11.6 Å². The van der Waals surface area contributed by atoms with Gasteiger partial charge in [-0.3, -0.25) is 9.78 Å². The summed E-state index contributed by atoms with van der Waals surface area (Å²) in [7, 11) is 0. The predicted octanol–water partition coefficient (Wildman–Crippen LogP) is 2.35. The largest absolute Gasteiger partial charge is 0.506 e. The molecule has 2 N–H and O–H groups in total. The average Bonchev–Trinajstić information content (AvgIpc) is 3.08. The van der Waals surface area contributed by atoms with Crippen LogP contribution in [-0.4, -0.2) is 25.7 Å². The lowest BCUT2D eigenvalue weighted by Crippen LogP contribution is -2.44. The Hall–Kier alpha value is -3.19. The van der Waals surface area contributed by atoms with Gasteiger partial charge in [-0.1, -0.05) is 13.8 Å². The molecule has 0 unspecified atom stereocenters. The topological polar surface area (TPSA) is 102 Å². The molecule has 0 radical (unpaired) electrons. The Kier molecular flexibility index (Phi) is 3.64. The predicted molar refractivity (Wildman–Crippen MR) is 106 cm³/mol. The van der Waals surface area contributed by atoms with Crippen LogP contribution in [0.2, 0.25) is 0 Å². The number of aromatic nitrogens is 2. The molecule has 0 fully saturated rings. The summed E-state index contributed by atoms with van der Waals surface area (Å²) in [6.07, 6.45) is 2.23. The van der Waals surface area contributed by atoms with Gasteiger partial charge < -0.3 is 19.5 Å². The van der Waals surface area contributed by atoms with E-state index in [4.69, 9.17) is 4.74 Å². The number of nitrogens with zero attached hydrogens (tertiary/aromatic N) is 2. The number of cyclic esters (lactones) is 1. The molecule has 2 aliphatic heterocycles. The van der Waals surface area contributed by atoms with E-state index in [-0.39, 0.29) is 24.3 Å². The Bertz CT molecular complexity index is 1280. The highest BCUT2D eigenvalue weighted by molar-refractivity contribution is 5.92. The van der Waals surface area contributed by atoms with Crippen molar-refractivity contribution in [3.63, 3.8) is 0 Å². The van der Waals surface area contributed by atoms with E-state index in [9.17, 15) is 19.8 Å². The SMILES string of the molecule is CCc1c2c(cc3ncc(O)cc13)-c1cc3c(c(=O)n1C2)COC(=O)[C@]3(O)CC. The normalized spacial score (nSPS) is 19.6. The van der Waals surface area contributed by atoms with Crippen molar-refractivity contribution in [1.29, 1.82) is 0 Å². The maximum Gasteiger partial charge on any atom is 0.343 e. The fourth-order valence-corrected chi connectivity index (χ4v) is 4.62. The molecule has 0 saturated heterocycles. The second-order valence-electron chi connectivity index (χ2n) is 7.60. The molecule has 7 heteroatoms. The molecule has 0 amide bonds. The van der Waals surface area contributed by atoms with Crippen LogP contribution in [0, 0.1) is 0 Å². The van der Waals surface area contributed by atoms with Gasteiger partial charge in [0, 0.05) is 16.5 Å². The number of benzene rings is 1. The zero-order valence-corrected chi connectivity index (χ0v) is 16.2. The monoisotopic (exact) mass is 392 g/mol. The van der Waals surface area contributed by atoms with Gasteiger partial charge >= 0.3 is 5.97 Å². The smallest absolute Gasteiger partial charge is 0.343 e. The van der Waals surface area contributed by atoms with Crippen molar-refractivity contribution in [1.82, 2.24) is 9.55 Å². The van der Waals surface area contributed by atoms with Crippen LogP contribution in [0.15, 0.2) is 29.2 Å². The number of aromatic hydroxyl groups is 1. The number of pyridine rings is 2. The average molecular weight is 392 g/mol. The summed E-state index contributed by atoms with van der Waals surface area (Å²) in [6.45, 7) is 3.97. The van der Waals surface area contributed by atoms with Crippen molar-refractivity contribution in [3.8, 4) is 17.0 Å². The first-order valence-corrected chi connectivity index (χ1v) is 9.69. The Morgan fingerprint density at radius 3 is 2.72 bits per heavy atom. The van der Waals surface area contributed by atoms with Crippen molar-refractivity contribution < 1.29 is 19.7 Å². The number of carbonyl (C=O) groups excluding carboxylic acids is 1. The fraction of sp³-hybridized carbons (Fsp3) is 0.318. The zero-order valence-electron chi connectivity index (χ0n) is 16.2. The molecule has 0 saturated carbocycles. The summed E-state index contributed by atoms with van der Waals surface area (Å²) >= 11 is 0. The van der Waals surface area contributed by atoms with Crippen LogP contribution in [0.4, 0.5) is 0 Å². The van der Waals surface area contributed by atoms with E-state index in [2.05, 4.69) is 4.98 Å². The lowest BCUT2D eigenvalue weighted by molar-refractivity contribution is -0.172. The van der Waals surface area contributed by atoms with Gasteiger partial charge in [-0.05, 0) is 42.2 Å². The van der Waals surface area contributed by atoms with Gasteiger partial charge in [0.15, 0.2) is 5.60 Å².